The number of hydrogen-bond acceptors (Lipinski definition) is 8. The number of pyridine rings is 1. The van der Waals surface area contributed by atoms with E-state index in [-0.39, 0.29) is 10.3 Å². The number of piperidine rings is 1. The van der Waals surface area contributed by atoms with Crippen molar-refractivity contribution in [2.75, 3.05) is 64.5 Å². The van der Waals surface area contributed by atoms with Crippen LogP contribution < -0.4 is 9.64 Å². The summed E-state index contributed by atoms with van der Waals surface area (Å²) in [5.74, 6) is -2.30. The summed E-state index contributed by atoms with van der Waals surface area (Å²) in [5, 5.41) is 7.12. The number of aliphatic carboxylic acids is 1. The van der Waals surface area contributed by atoms with Crippen LogP contribution in [0.1, 0.15) is 18.5 Å². The molecule has 220 valence electrons. The van der Waals surface area contributed by atoms with Crippen molar-refractivity contribution < 1.29 is 41.0 Å². The zero-order chi connectivity index (χ0) is 29.0. The largest absolute Gasteiger partial charge is 0.492 e. The number of carbonyl (C=O) groups is 1. The van der Waals surface area contributed by atoms with Crippen molar-refractivity contribution in [2.45, 2.75) is 30.5 Å². The molecule has 2 aromatic rings. The number of nitrogens with zero attached hydrogens (tertiary/aromatic N) is 4. The van der Waals surface area contributed by atoms with E-state index in [0.717, 1.165) is 56.9 Å². The summed E-state index contributed by atoms with van der Waals surface area (Å²) in [4.78, 5) is 18.1. The number of anilines is 1. The number of benzene rings is 1. The van der Waals surface area contributed by atoms with Gasteiger partial charge in [0.05, 0.1) is 25.5 Å². The fourth-order valence-electron chi connectivity index (χ4n) is 5.05. The van der Waals surface area contributed by atoms with Gasteiger partial charge in [0.15, 0.2) is 0 Å². The maximum absolute atomic E-state index is 13.5. The highest BCUT2D eigenvalue weighted by Crippen LogP contribution is 2.40. The van der Waals surface area contributed by atoms with E-state index in [0.29, 0.717) is 32.1 Å². The smallest absolute Gasteiger partial charge is 0.490 e. The molecule has 1 aromatic heterocycles. The zero-order valence-corrected chi connectivity index (χ0v) is 23.0. The third kappa shape index (κ3) is 7.22. The fraction of sp³-hybridized carbons (Fsp3) is 0.538. The summed E-state index contributed by atoms with van der Waals surface area (Å²) >= 11 is 0. The first-order valence-corrected chi connectivity index (χ1v) is 14.3. The normalized spacial score (nSPS) is 21.2. The van der Waals surface area contributed by atoms with Crippen LogP contribution >= 0.6 is 0 Å². The van der Waals surface area contributed by atoms with Crippen LogP contribution in [0.4, 0.5) is 18.9 Å². The van der Waals surface area contributed by atoms with E-state index in [1.54, 1.807) is 13.1 Å². The van der Waals surface area contributed by atoms with Gasteiger partial charge in [-0.15, -0.1) is 0 Å². The minimum Gasteiger partial charge on any atom is -0.492 e. The number of hydrogen-bond donors (Lipinski definition) is 1. The van der Waals surface area contributed by atoms with Crippen LogP contribution in [0, 0.1) is 5.41 Å². The summed E-state index contributed by atoms with van der Waals surface area (Å²) in [6.07, 6.45) is -1.48. The number of carboxylic acids is 1. The van der Waals surface area contributed by atoms with Gasteiger partial charge in [-0.2, -0.15) is 13.2 Å². The number of rotatable bonds is 3. The molecule has 10 nitrogen and oxygen atoms in total. The second-order valence-electron chi connectivity index (χ2n) is 10.2. The Morgan fingerprint density at radius 2 is 1.77 bits per heavy atom. The topological polar surface area (TPSA) is 113 Å². The second kappa shape index (κ2) is 12.3. The molecule has 4 heterocycles. The van der Waals surface area contributed by atoms with Crippen LogP contribution in [-0.2, 0) is 26.1 Å². The van der Waals surface area contributed by atoms with Gasteiger partial charge in [0.25, 0.3) is 0 Å². The Morgan fingerprint density at radius 3 is 2.38 bits per heavy atom. The van der Waals surface area contributed by atoms with E-state index in [1.165, 1.54) is 4.31 Å². The van der Waals surface area contributed by atoms with Crippen LogP contribution in [-0.4, -0.2) is 99.5 Å². The molecule has 3 aliphatic heterocycles. The average Bonchev–Trinajstić information content (AvgIpc) is 2.93. The lowest BCUT2D eigenvalue weighted by Crippen LogP contribution is -2.50. The van der Waals surface area contributed by atoms with Gasteiger partial charge in [-0.3, -0.25) is 9.88 Å². The number of sulfonamides is 1. The molecule has 14 heteroatoms. The molecule has 0 aliphatic carbocycles. The molecule has 0 amide bonds. The van der Waals surface area contributed by atoms with Gasteiger partial charge in [-0.25, -0.2) is 17.5 Å². The van der Waals surface area contributed by atoms with Crippen LogP contribution in [0.15, 0.2) is 47.5 Å². The third-order valence-electron chi connectivity index (χ3n) is 7.35. The van der Waals surface area contributed by atoms with Crippen molar-refractivity contribution in [3.63, 3.8) is 0 Å². The minimum absolute atomic E-state index is 0.191. The predicted octanol–water partition coefficient (Wildman–Crippen LogP) is 2.85. The number of fused-ring (bicyclic) bond motifs is 1. The molecule has 0 bridgehead atoms. The Balaban J connectivity index is 0.000000470. The van der Waals surface area contributed by atoms with Crippen LogP contribution in [0.3, 0.4) is 0 Å². The third-order valence-corrected chi connectivity index (χ3v) is 9.18. The Kier molecular flexibility index (Phi) is 9.22. The Bertz CT molecular complexity index is 1260. The number of likely N-dealkylation sites (tertiary alicyclic amines) is 1. The van der Waals surface area contributed by atoms with Gasteiger partial charge >= 0.3 is 12.1 Å². The van der Waals surface area contributed by atoms with Gasteiger partial charge in [-0.1, -0.05) is 6.07 Å². The maximum Gasteiger partial charge on any atom is 0.490 e. The van der Waals surface area contributed by atoms with Crippen molar-refractivity contribution in [3.8, 4) is 5.75 Å². The van der Waals surface area contributed by atoms with E-state index in [9.17, 15) is 21.6 Å². The molecule has 2 fully saturated rings. The summed E-state index contributed by atoms with van der Waals surface area (Å²) in [6, 6.07) is 11.5. The first-order chi connectivity index (χ1) is 18.9. The molecule has 0 unspecified atom stereocenters. The molecule has 40 heavy (non-hydrogen) atoms. The molecule has 0 radical (unpaired) electrons. The average molecular weight is 587 g/mol. The van der Waals surface area contributed by atoms with E-state index >= 15 is 0 Å². The molecule has 1 N–H and O–H groups in total. The minimum atomic E-state index is -5.08. The number of carboxylic acid groups (broad SMARTS) is 1. The van der Waals surface area contributed by atoms with E-state index in [2.05, 4.69) is 14.8 Å². The number of morpholine rings is 1. The first-order valence-electron chi connectivity index (χ1n) is 12.9. The molecular weight excluding hydrogens is 553 g/mol. The molecular formula is C26H33F3N4O6S. The predicted molar refractivity (Wildman–Crippen MR) is 140 cm³/mol. The van der Waals surface area contributed by atoms with Gasteiger partial charge in [0, 0.05) is 50.5 Å². The van der Waals surface area contributed by atoms with Gasteiger partial charge in [-0.05, 0) is 56.3 Å². The second-order valence-corrected chi connectivity index (χ2v) is 12.2. The fourth-order valence-corrected chi connectivity index (χ4v) is 6.48. The Hall–Kier alpha value is -2.94. The maximum atomic E-state index is 13.5. The van der Waals surface area contributed by atoms with Crippen molar-refractivity contribution in [2.24, 2.45) is 5.41 Å². The lowest BCUT2D eigenvalue weighted by molar-refractivity contribution is -0.192. The number of alkyl halides is 3. The number of ether oxygens (including phenoxy) is 2. The molecule has 2 saturated heterocycles. The molecule has 5 rings (SSSR count). The molecule has 1 aromatic carbocycles. The van der Waals surface area contributed by atoms with E-state index in [1.807, 2.05) is 36.5 Å². The summed E-state index contributed by atoms with van der Waals surface area (Å²) in [7, 11) is -1.95. The first kappa shape index (κ1) is 30.0. The molecule has 0 saturated carbocycles. The summed E-state index contributed by atoms with van der Waals surface area (Å²) in [6.45, 7) is 6.43. The Morgan fingerprint density at radius 1 is 1.10 bits per heavy atom. The van der Waals surface area contributed by atoms with Gasteiger partial charge in [0.2, 0.25) is 10.0 Å². The van der Waals surface area contributed by atoms with Crippen molar-refractivity contribution in [1.82, 2.24) is 14.2 Å². The highest BCUT2D eigenvalue weighted by Gasteiger charge is 2.42. The molecule has 0 atom stereocenters. The highest BCUT2D eigenvalue weighted by atomic mass is 32.2. The van der Waals surface area contributed by atoms with Crippen LogP contribution in [0.5, 0.6) is 5.75 Å². The summed E-state index contributed by atoms with van der Waals surface area (Å²) in [5.41, 5.74) is 1.77. The monoisotopic (exact) mass is 586 g/mol. The standard InChI is InChI=1S/C24H32N4O4S.C2HF3O2/c1-26-18-24(7-10-27(11-8-24)17-20-4-2-3-9-25-20)19-32-22-6-5-21(16-23(22)33(26,29)30)28-12-14-31-15-13-28;3-2(4,5)1(6)7/h2-6,9,16H,7-8,10-15,17-19H2,1H3;(H,6,7). The number of halogens is 3. The lowest BCUT2D eigenvalue weighted by Gasteiger charge is -2.44. The van der Waals surface area contributed by atoms with Crippen LogP contribution in [0.2, 0.25) is 0 Å². The van der Waals surface area contributed by atoms with E-state index < -0.39 is 22.2 Å². The quantitative estimate of drug-likeness (QED) is 0.580. The van der Waals surface area contributed by atoms with Gasteiger partial charge < -0.3 is 19.5 Å². The number of aromatic nitrogens is 1. The zero-order valence-electron chi connectivity index (χ0n) is 22.1. The van der Waals surface area contributed by atoms with E-state index in [4.69, 9.17) is 19.4 Å². The molecule has 3 aliphatic rings. The van der Waals surface area contributed by atoms with Gasteiger partial charge in [0.1, 0.15) is 10.6 Å². The van der Waals surface area contributed by atoms with Crippen molar-refractivity contribution in [1.29, 1.82) is 0 Å². The van der Waals surface area contributed by atoms with Crippen LogP contribution in [0.25, 0.3) is 0 Å². The SMILES string of the molecule is CN1CC2(CCN(Cc3ccccn3)CC2)COc2ccc(N3CCOCC3)cc2S1(=O)=O.O=C(O)C(F)(F)F. The van der Waals surface area contributed by atoms with Crippen molar-refractivity contribution >= 4 is 21.7 Å². The molecule has 1 spiro atoms. The summed E-state index contributed by atoms with van der Waals surface area (Å²) < 4.78 is 72.0. The van der Waals surface area contributed by atoms with Crippen molar-refractivity contribution in [3.05, 3.63) is 48.3 Å². The lowest BCUT2D eigenvalue weighted by atomic mass is 9.79. The Labute approximate surface area is 231 Å². The highest BCUT2D eigenvalue weighted by molar-refractivity contribution is 7.89.